The lowest BCUT2D eigenvalue weighted by molar-refractivity contribution is -0.130. The van der Waals surface area contributed by atoms with Gasteiger partial charge < -0.3 is 10.2 Å². The average Bonchev–Trinajstić information content (AvgIpc) is 2.66. The number of rotatable bonds is 7. The van der Waals surface area contributed by atoms with Gasteiger partial charge in [-0.15, -0.1) is 0 Å². The van der Waals surface area contributed by atoms with Gasteiger partial charge in [0, 0.05) is 32.6 Å². The van der Waals surface area contributed by atoms with Crippen LogP contribution in [0.2, 0.25) is 5.02 Å². The molecular formula is C19H21ClN2O4S. The lowest BCUT2D eigenvalue weighted by Crippen LogP contribution is -2.28. The van der Waals surface area contributed by atoms with Crippen molar-refractivity contribution >= 4 is 33.3 Å². The van der Waals surface area contributed by atoms with Crippen LogP contribution in [0.15, 0.2) is 53.4 Å². The maximum absolute atomic E-state index is 12.4. The molecule has 0 heterocycles. The summed E-state index contributed by atoms with van der Waals surface area (Å²) in [5.41, 5.74) is 1.37. The zero-order valence-electron chi connectivity index (χ0n) is 15.1. The van der Waals surface area contributed by atoms with Crippen molar-refractivity contribution in [2.75, 3.05) is 19.8 Å². The standard InChI is InChI=1S/C19H21ClN2O4S/c1-21-19(24)15-9-7-14(8-10-15)13-22(2)18(23)11-12-27(25,26)17-6-4-3-5-16(17)20/h3-10H,11-13H2,1-2H3,(H,21,24). The van der Waals surface area contributed by atoms with Crippen LogP contribution in [0, 0.1) is 0 Å². The zero-order valence-corrected chi connectivity index (χ0v) is 16.7. The third kappa shape index (κ3) is 5.55. The van der Waals surface area contributed by atoms with Crippen LogP contribution in [0.5, 0.6) is 0 Å². The second-order valence-electron chi connectivity index (χ2n) is 6.03. The van der Waals surface area contributed by atoms with Gasteiger partial charge in [0.15, 0.2) is 9.84 Å². The maximum Gasteiger partial charge on any atom is 0.251 e. The number of carbonyl (C=O) groups excluding carboxylic acids is 2. The van der Waals surface area contributed by atoms with Gasteiger partial charge in [0.25, 0.3) is 5.91 Å². The van der Waals surface area contributed by atoms with Crippen LogP contribution in [0.4, 0.5) is 0 Å². The van der Waals surface area contributed by atoms with Gasteiger partial charge in [0.2, 0.25) is 5.91 Å². The van der Waals surface area contributed by atoms with Crippen LogP contribution in [-0.2, 0) is 21.2 Å². The van der Waals surface area contributed by atoms with Gasteiger partial charge in [-0.25, -0.2) is 8.42 Å². The highest BCUT2D eigenvalue weighted by molar-refractivity contribution is 7.91. The monoisotopic (exact) mass is 408 g/mol. The third-order valence-corrected chi connectivity index (χ3v) is 6.25. The van der Waals surface area contributed by atoms with E-state index in [-0.39, 0.29) is 33.9 Å². The molecule has 0 fully saturated rings. The largest absolute Gasteiger partial charge is 0.355 e. The van der Waals surface area contributed by atoms with Crippen molar-refractivity contribution in [2.45, 2.75) is 17.9 Å². The highest BCUT2D eigenvalue weighted by Gasteiger charge is 2.20. The van der Waals surface area contributed by atoms with Gasteiger partial charge in [-0.3, -0.25) is 9.59 Å². The van der Waals surface area contributed by atoms with Crippen LogP contribution in [0.3, 0.4) is 0 Å². The molecule has 0 spiro atoms. The van der Waals surface area contributed by atoms with E-state index in [9.17, 15) is 18.0 Å². The third-order valence-electron chi connectivity index (χ3n) is 4.05. The molecule has 1 N–H and O–H groups in total. The van der Waals surface area contributed by atoms with Crippen LogP contribution in [0.25, 0.3) is 0 Å². The minimum absolute atomic E-state index is 0.0342. The molecular weight excluding hydrogens is 388 g/mol. The lowest BCUT2D eigenvalue weighted by atomic mass is 10.1. The Morgan fingerprint density at radius 1 is 1.07 bits per heavy atom. The van der Waals surface area contributed by atoms with Crippen molar-refractivity contribution in [2.24, 2.45) is 0 Å². The number of hydrogen-bond donors (Lipinski definition) is 1. The normalized spacial score (nSPS) is 11.1. The number of carbonyl (C=O) groups is 2. The minimum Gasteiger partial charge on any atom is -0.355 e. The average molecular weight is 409 g/mol. The molecule has 0 aliphatic carbocycles. The van der Waals surface area contributed by atoms with Crippen molar-refractivity contribution in [1.82, 2.24) is 10.2 Å². The molecule has 27 heavy (non-hydrogen) atoms. The summed E-state index contributed by atoms with van der Waals surface area (Å²) in [6.45, 7) is 0.318. The first kappa shape index (κ1) is 20.9. The molecule has 2 amide bonds. The van der Waals surface area contributed by atoms with Gasteiger partial charge in [-0.05, 0) is 29.8 Å². The van der Waals surface area contributed by atoms with E-state index in [1.807, 2.05) is 0 Å². The van der Waals surface area contributed by atoms with Gasteiger partial charge in [-0.1, -0.05) is 35.9 Å². The topological polar surface area (TPSA) is 83.6 Å². The van der Waals surface area contributed by atoms with Gasteiger partial charge in [-0.2, -0.15) is 0 Å². The Balaban J connectivity index is 1.96. The number of nitrogens with one attached hydrogen (secondary N) is 1. The Kier molecular flexibility index (Phi) is 6.98. The molecule has 2 aromatic carbocycles. The number of nitrogens with zero attached hydrogens (tertiary/aromatic N) is 1. The minimum atomic E-state index is -3.63. The highest BCUT2D eigenvalue weighted by atomic mass is 35.5. The fourth-order valence-corrected chi connectivity index (χ4v) is 4.29. The quantitative estimate of drug-likeness (QED) is 0.763. The second kappa shape index (κ2) is 9.01. The first-order valence-corrected chi connectivity index (χ1v) is 10.3. The fraction of sp³-hybridized carbons (Fsp3) is 0.263. The molecule has 0 radical (unpaired) electrons. The predicted octanol–water partition coefficient (Wildman–Crippen LogP) is 2.52. The molecule has 0 saturated heterocycles. The zero-order chi connectivity index (χ0) is 20.0. The number of amides is 2. The van der Waals surface area contributed by atoms with E-state index in [2.05, 4.69) is 5.32 Å². The molecule has 0 saturated carbocycles. The van der Waals surface area contributed by atoms with E-state index >= 15 is 0 Å². The second-order valence-corrected chi connectivity index (χ2v) is 8.51. The van der Waals surface area contributed by atoms with Crippen molar-refractivity contribution < 1.29 is 18.0 Å². The summed E-state index contributed by atoms with van der Waals surface area (Å²) in [5, 5.41) is 2.69. The van der Waals surface area contributed by atoms with Gasteiger partial charge in [0.05, 0.1) is 15.7 Å². The molecule has 8 heteroatoms. The molecule has 6 nitrogen and oxygen atoms in total. The Morgan fingerprint density at radius 3 is 2.30 bits per heavy atom. The van der Waals surface area contributed by atoms with Gasteiger partial charge in [0.1, 0.15) is 0 Å². The number of sulfone groups is 1. The Hall–Kier alpha value is -2.38. The number of benzene rings is 2. The van der Waals surface area contributed by atoms with E-state index in [4.69, 9.17) is 11.6 Å². The Bertz CT molecular complexity index is 927. The molecule has 2 aromatic rings. The van der Waals surface area contributed by atoms with Crippen molar-refractivity contribution in [3.63, 3.8) is 0 Å². The van der Waals surface area contributed by atoms with Crippen LogP contribution >= 0.6 is 11.6 Å². The summed E-state index contributed by atoms with van der Waals surface area (Å²) in [7, 11) is -0.471. The smallest absolute Gasteiger partial charge is 0.251 e. The molecule has 0 aliphatic rings. The Morgan fingerprint density at radius 2 is 1.70 bits per heavy atom. The fourth-order valence-electron chi connectivity index (χ4n) is 2.49. The van der Waals surface area contributed by atoms with Crippen molar-refractivity contribution in [3.8, 4) is 0 Å². The van der Waals surface area contributed by atoms with Gasteiger partial charge >= 0.3 is 0 Å². The Labute approximate surface area is 164 Å². The van der Waals surface area contributed by atoms with Crippen molar-refractivity contribution in [1.29, 1.82) is 0 Å². The SMILES string of the molecule is CNC(=O)c1ccc(CN(C)C(=O)CCS(=O)(=O)c2ccccc2Cl)cc1. The molecule has 0 aromatic heterocycles. The summed E-state index contributed by atoms with van der Waals surface area (Å²) in [6, 6.07) is 13.0. The van der Waals surface area contributed by atoms with E-state index in [0.29, 0.717) is 12.1 Å². The molecule has 0 bridgehead atoms. The summed E-state index contributed by atoms with van der Waals surface area (Å²) < 4.78 is 24.8. The van der Waals surface area contributed by atoms with Crippen LogP contribution < -0.4 is 5.32 Å². The predicted molar refractivity (Wildman–Crippen MR) is 104 cm³/mol. The summed E-state index contributed by atoms with van der Waals surface area (Å²) in [5.74, 6) is -0.785. The van der Waals surface area contributed by atoms with E-state index in [0.717, 1.165) is 5.56 Å². The number of halogens is 1. The van der Waals surface area contributed by atoms with Crippen LogP contribution in [-0.4, -0.2) is 45.0 Å². The van der Waals surface area contributed by atoms with E-state index < -0.39 is 9.84 Å². The van der Waals surface area contributed by atoms with E-state index in [1.165, 1.54) is 17.0 Å². The molecule has 0 atom stereocenters. The molecule has 2 rings (SSSR count). The summed E-state index contributed by atoms with van der Waals surface area (Å²) in [6.07, 6.45) is -0.139. The lowest BCUT2D eigenvalue weighted by Gasteiger charge is -2.17. The first-order valence-electron chi connectivity index (χ1n) is 8.27. The maximum atomic E-state index is 12.4. The molecule has 0 unspecified atom stereocenters. The van der Waals surface area contributed by atoms with Crippen LogP contribution in [0.1, 0.15) is 22.3 Å². The van der Waals surface area contributed by atoms with Crippen molar-refractivity contribution in [3.05, 3.63) is 64.7 Å². The molecule has 0 aliphatic heterocycles. The highest BCUT2D eigenvalue weighted by Crippen LogP contribution is 2.22. The number of hydrogen-bond acceptors (Lipinski definition) is 4. The molecule has 144 valence electrons. The first-order chi connectivity index (χ1) is 12.7. The summed E-state index contributed by atoms with van der Waals surface area (Å²) >= 11 is 5.94. The summed E-state index contributed by atoms with van der Waals surface area (Å²) in [4.78, 5) is 25.3. The van der Waals surface area contributed by atoms with E-state index in [1.54, 1.807) is 50.5 Å².